The van der Waals surface area contributed by atoms with E-state index < -0.39 is 0 Å². The van der Waals surface area contributed by atoms with Gasteiger partial charge in [0.15, 0.2) is 0 Å². The van der Waals surface area contributed by atoms with Crippen molar-refractivity contribution in [2.45, 2.75) is 45.7 Å². The van der Waals surface area contributed by atoms with Gasteiger partial charge in [-0.15, -0.1) is 0 Å². The van der Waals surface area contributed by atoms with Crippen molar-refractivity contribution in [2.75, 3.05) is 19.7 Å². The Bertz CT molecular complexity index is 762. The van der Waals surface area contributed by atoms with Crippen molar-refractivity contribution < 1.29 is 9.53 Å². The molecule has 1 aliphatic heterocycles. The fraction of sp³-hybridized carbons (Fsp3) is 0.526. The molecule has 1 aliphatic carbocycles. The number of ether oxygens (including phenoxy) is 1. The standard InChI is InChI=1S/C19H24N2O2/c1-3-23-18(22)12-20-9-10-21-16-8-7-13(2)11-15(16)14-5-4-6-17(20)19(14)21/h7-8,11,17H,3-6,9-10,12H2,1-2H3. The van der Waals surface area contributed by atoms with Gasteiger partial charge in [-0.25, -0.2) is 0 Å². The molecule has 1 unspecified atom stereocenters. The van der Waals surface area contributed by atoms with Gasteiger partial charge in [-0.1, -0.05) is 11.6 Å². The predicted octanol–water partition coefficient (Wildman–Crippen LogP) is 3.21. The third-order valence-corrected chi connectivity index (χ3v) is 5.28. The van der Waals surface area contributed by atoms with Crippen LogP contribution >= 0.6 is 0 Å². The van der Waals surface area contributed by atoms with Crippen LogP contribution in [0.2, 0.25) is 0 Å². The van der Waals surface area contributed by atoms with Gasteiger partial charge < -0.3 is 9.30 Å². The summed E-state index contributed by atoms with van der Waals surface area (Å²) in [7, 11) is 0. The molecule has 4 rings (SSSR count). The molecule has 23 heavy (non-hydrogen) atoms. The van der Waals surface area contributed by atoms with Crippen LogP contribution in [0, 0.1) is 6.92 Å². The molecule has 1 aromatic carbocycles. The molecular formula is C19H24N2O2. The lowest BCUT2D eigenvalue weighted by atomic mass is 9.89. The van der Waals surface area contributed by atoms with E-state index in [-0.39, 0.29) is 5.97 Å². The average molecular weight is 312 g/mol. The van der Waals surface area contributed by atoms with Crippen LogP contribution in [0.3, 0.4) is 0 Å². The van der Waals surface area contributed by atoms with Crippen molar-refractivity contribution in [3.63, 3.8) is 0 Å². The first-order valence-corrected chi connectivity index (χ1v) is 8.70. The molecule has 0 saturated carbocycles. The Morgan fingerprint density at radius 2 is 2.22 bits per heavy atom. The molecule has 0 N–H and O–H groups in total. The van der Waals surface area contributed by atoms with Gasteiger partial charge in [0.2, 0.25) is 0 Å². The summed E-state index contributed by atoms with van der Waals surface area (Å²) in [4.78, 5) is 14.3. The minimum atomic E-state index is -0.0972. The molecule has 4 heteroatoms. The van der Waals surface area contributed by atoms with E-state index in [2.05, 4.69) is 34.6 Å². The fourth-order valence-corrected chi connectivity index (χ4v) is 4.35. The Hall–Kier alpha value is -1.81. The highest BCUT2D eigenvalue weighted by molar-refractivity contribution is 5.87. The van der Waals surface area contributed by atoms with Crippen LogP contribution in [0.1, 0.15) is 42.6 Å². The third-order valence-electron chi connectivity index (χ3n) is 5.28. The quantitative estimate of drug-likeness (QED) is 0.816. The molecule has 0 saturated heterocycles. The highest BCUT2D eigenvalue weighted by atomic mass is 16.5. The summed E-state index contributed by atoms with van der Waals surface area (Å²) in [5, 5.41) is 1.42. The van der Waals surface area contributed by atoms with Crippen LogP contribution in [-0.2, 0) is 22.5 Å². The van der Waals surface area contributed by atoms with Crippen molar-refractivity contribution in [1.29, 1.82) is 0 Å². The maximum Gasteiger partial charge on any atom is 0.320 e. The Morgan fingerprint density at radius 1 is 1.35 bits per heavy atom. The number of carbonyl (C=O) groups excluding carboxylic acids is 1. The van der Waals surface area contributed by atoms with Gasteiger partial charge in [0, 0.05) is 29.7 Å². The summed E-state index contributed by atoms with van der Waals surface area (Å²) in [5.74, 6) is -0.0972. The van der Waals surface area contributed by atoms with Crippen molar-refractivity contribution in [3.05, 3.63) is 35.0 Å². The summed E-state index contributed by atoms with van der Waals surface area (Å²) in [5.41, 5.74) is 5.64. The Labute approximate surface area is 137 Å². The molecule has 0 fully saturated rings. The predicted molar refractivity (Wildman–Crippen MR) is 90.6 cm³/mol. The molecule has 2 aromatic rings. The van der Waals surface area contributed by atoms with E-state index in [1.807, 2.05) is 6.92 Å². The molecule has 0 radical (unpaired) electrons. The second kappa shape index (κ2) is 5.68. The van der Waals surface area contributed by atoms with Crippen molar-refractivity contribution in [3.8, 4) is 0 Å². The number of aromatic nitrogens is 1. The maximum absolute atomic E-state index is 11.9. The van der Waals surface area contributed by atoms with Crippen LogP contribution in [0.5, 0.6) is 0 Å². The average Bonchev–Trinajstić information content (AvgIpc) is 2.85. The van der Waals surface area contributed by atoms with Crippen molar-refractivity contribution >= 4 is 16.9 Å². The Balaban J connectivity index is 1.76. The lowest BCUT2D eigenvalue weighted by molar-refractivity contribution is -0.145. The van der Waals surface area contributed by atoms with Gasteiger partial charge in [-0.3, -0.25) is 9.69 Å². The summed E-state index contributed by atoms with van der Waals surface area (Å²) < 4.78 is 7.66. The number of esters is 1. The molecule has 1 aromatic heterocycles. The molecule has 0 bridgehead atoms. The first kappa shape index (κ1) is 14.8. The van der Waals surface area contributed by atoms with Crippen LogP contribution in [0.25, 0.3) is 10.9 Å². The lowest BCUT2D eigenvalue weighted by Gasteiger charge is -2.39. The van der Waals surface area contributed by atoms with Crippen LogP contribution in [0.4, 0.5) is 0 Å². The highest BCUT2D eigenvalue weighted by Crippen LogP contribution is 2.42. The summed E-state index contributed by atoms with van der Waals surface area (Å²) in [6.45, 7) is 6.79. The summed E-state index contributed by atoms with van der Waals surface area (Å²) in [6.07, 6.45) is 3.50. The smallest absolute Gasteiger partial charge is 0.320 e. The van der Waals surface area contributed by atoms with Gasteiger partial charge in [-0.2, -0.15) is 0 Å². The molecule has 0 spiro atoms. The lowest BCUT2D eigenvalue weighted by Crippen LogP contribution is -2.42. The normalized spacial score (nSPS) is 20.5. The van der Waals surface area contributed by atoms with Gasteiger partial charge in [0.1, 0.15) is 0 Å². The number of rotatable bonds is 3. The third kappa shape index (κ3) is 2.36. The van der Waals surface area contributed by atoms with E-state index in [0.29, 0.717) is 19.2 Å². The zero-order valence-electron chi connectivity index (χ0n) is 14.0. The van der Waals surface area contributed by atoms with Crippen molar-refractivity contribution in [2.24, 2.45) is 0 Å². The monoisotopic (exact) mass is 312 g/mol. The molecule has 0 amide bonds. The van der Waals surface area contributed by atoms with E-state index in [1.165, 1.54) is 34.1 Å². The number of carbonyl (C=O) groups is 1. The second-order valence-electron chi connectivity index (χ2n) is 6.72. The van der Waals surface area contributed by atoms with Gasteiger partial charge in [0.05, 0.1) is 19.2 Å². The topological polar surface area (TPSA) is 34.5 Å². The number of fused-ring (bicyclic) bond motifs is 3. The largest absolute Gasteiger partial charge is 0.465 e. The number of nitrogens with zero attached hydrogens (tertiary/aromatic N) is 2. The first-order chi connectivity index (χ1) is 11.2. The highest BCUT2D eigenvalue weighted by Gasteiger charge is 2.35. The van der Waals surface area contributed by atoms with E-state index in [4.69, 9.17) is 4.74 Å². The van der Waals surface area contributed by atoms with E-state index in [1.54, 1.807) is 0 Å². The SMILES string of the molecule is CCOC(=O)CN1CCn2c3c(c4cc(C)ccc42)CCCC31. The molecule has 2 heterocycles. The van der Waals surface area contributed by atoms with Crippen LogP contribution < -0.4 is 0 Å². The van der Waals surface area contributed by atoms with E-state index in [9.17, 15) is 4.79 Å². The molecular weight excluding hydrogens is 288 g/mol. The fourth-order valence-electron chi connectivity index (χ4n) is 4.35. The van der Waals surface area contributed by atoms with Crippen LogP contribution in [0.15, 0.2) is 18.2 Å². The summed E-state index contributed by atoms with van der Waals surface area (Å²) >= 11 is 0. The first-order valence-electron chi connectivity index (χ1n) is 8.70. The molecule has 2 aliphatic rings. The second-order valence-corrected chi connectivity index (χ2v) is 6.72. The maximum atomic E-state index is 11.9. The molecule has 4 nitrogen and oxygen atoms in total. The molecule has 122 valence electrons. The number of hydrogen-bond acceptors (Lipinski definition) is 3. The zero-order valence-corrected chi connectivity index (χ0v) is 14.0. The van der Waals surface area contributed by atoms with E-state index in [0.717, 1.165) is 25.9 Å². The minimum absolute atomic E-state index is 0.0972. The number of hydrogen-bond donors (Lipinski definition) is 0. The van der Waals surface area contributed by atoms with Gasteiger partial charge >= 0.3 is 5.97 Å². The Kier molecular flexibility index (Phi) is 3.64. The van der Waals surface area contributed by atoms with Gasteiger partial charge in [-0.05, 0) is 50.8 Å². The number of aryl methyl sites for hydroxylation is 2. The van der Waals surface area contributed by atoms with Crippen LogP contribution in [-0.4, -0.2) is 35.1 Å². The summed E-state index contributed by atoms with van der Waals surface area (Å²) in [6, 6.07) is 7.16. The Morgan fingerprint density at radius 3 is 3.04 bits per heavy atom. The van der Waals surface area contributed by atoms with Gasteiger partial charge in [0.25, 0.3) is 0 Å². The van der Waals surface area contributed by atoms with Crippen molar-refractivity contribution in [1.82, 2.24) is 9.47 Å². The number of benzene rings is 1. The molecule has 1 atom stereocenters. The van der Waals surface area contributed by atoms with E-state index >= 15 is 0 Å². The zero-order chi connectivity index (χ0) is 16.0. The minimum Gasteiger partial charge on any atom is -0.465 e.